The number of carbonyl (C=O) groups is 2. The molecule has 2 amide bonds. The molecule has 1 heterocycles. The Morgan fingerprint density at radius 1 is 1.00 bits per heavy atom. The lowest BCUT2D eigenvalue weighted by atomic mass is 9.94. The Labute approximate surface area is 218 Å². The molecule has 0 bridgehead atoms. The van der Waals surface area contributed by atoms with Gasteiger partial charge in [0.05, 0.1) is 10.9 Å². The van der Waals surface area contributed by atoms with Crippen LogP contribution in [0.3, 0.4) is 0 Å². The third-order valence-corrected chi connectivity index (χ3v) is 8.68. The van der Waals surface area contributed by atoms with Gasteiger partial charge in [-0.05, 0) is 57.0 Å². The summed E-state index contributed by atoms with van der Waals surface area (Å²) in [4.78, 5) is 27.4. The molecule has 3 atom stereocenters. The highest BCUT2D eigenvalue weighted by Gasteiger charge is 2.33. The lowest BCUT2D eigenvalue weighted by Gasteiger charge is -2.38. The minimum atomic E-state index is -3.86. The van der Waals surface area contributed by atoms with Gasteiger partial charge in [0.2, 0.25) is 15.9 Å². The van der Waals surface area contributed by atoms with Crippen molar-refractivity contribution in [3.05, 3.63) is 71.8 Å². The number of piperidine rings is 1. The number of sulfonamides is 1. The van der Waals surface area contributed by atoms with E-state index < -0.39 is 10.0 Å². The number of likely N-dealkylation sites (N-methyl/N-ethyl adjacent to an activating group) is 1. The number of carbonyl (C=O) groups excluding carboxylic acids is 2. The lowest BCUT2D eigenvalue weighted by molar-refractivity contribution is -0.134. The van der Waals surface area contributed by atoms with Gasteiger partial charge in [-0.1, -0.05) is 49.4 Å². The van der Waals surface area contributed by atoms with Crippen LogP contribution in [-0.4, -0.2) is 57.4 Å². The van der Waals surface area contributed by atoms with Crippen molar-refractivity contribution >= 4 is 38.3 Å². The molecule has 1 fully saturated rings. The van der Waals surface area contributed by atoms with Crippen molar-refractivity contribution in [3.63, 3.8) is 0 Å². The monoisotopic (exact) mass is 522 g/mol. The molecule has 37 heavy (non-hydrogen) atoms. The number of likely N-dealkylation sites (tertiary alicyclic amines) is 1. The van der Waals surface area contributed by atoms with E-state index in [0.29, 0.717) is 41.5 Å². The average molecular weight is 523 g/mol. The summed E-state index contributed by atoms with van der Waals surface area (Å²) in [5.41, 5.74) is 1.96. The van der Waals surface area contributed by atoms with E-state index in [1.807, 2.05) is 39.0 Å². The molecule has 9 heteroatoms. The molecule has 1 aliphatic heterocycles. The highest BCUT2D eigenvalue weighted by atomic mass is 32.2. The zero-order valence-corrected chi connectivity index (χ0v) is 22.4. The number of rotatable bonds is 7. The minimum absolute atomic E-state index is 0.0185. The van der Waals surface area contributed by atoms with Gasteiger partial charge in [0.1, 0.15) is 0 Å². The summed E-state index contributed by atoms with van der Waals surface area (Å²) in [5, 5.41) is 7.07. The van der Waals surface area contributed by atoms with Gasteiger partial charge in [-0.3, -0.25) is 9.59 Å². The smallest absolute Gasteiger partial charge is 0.255 e. The minimum Gasteiger partial charge on any atom is -0.341 e. The first-order valence-corrected chi connectivity index (χ1v) is 14.0. The van der Waals surface area contributed by atoms with Crippen molar-refractivity contribution in [3.8, 4) is 0 Å². The molecule has 3 aromatic carbocycles. The second-order valence-electron chi connectivity index (χ2n) is 9.71. The Kier molecular flexibility index (Phi) is 7.96. The molecule has 0 unspecified atom stereocenters. The zero-order chi connectivity index (χ0) is 26.7. The van der Waals surface area contributed by atoms with Crippen molar-refractivity contribution in [2.75, 3.05) is 25.5 Å². The fraction of sp³-hybridized carbons (Fsp3) is 0.357. The van der Waals surface area contributed by atoms with Gasteiger partial charge in [0, 0.05) is 41.2 Å². The largest absolute Gasteiger partial charge is 0.341 e. The van der Waals surface area contributed by atoms with Gasteiger partial charge in [-0.2, -0.15) is 0 Å². The Morgan fingerprint density at radius 3 is 2.41 bits per heavy atom. The first-order chi connectivity index (χ1) is 17.6. The number of anilines is 1. The van der Waals surface area contributed by atoms with Crippen LogP contribution in [0.15, 0.2) is 65.6 Å². The first kappa shape index (κ1) is 26.8. The van der Waals surface area contributed by atoms with Crippen molar-refractivity contribution in [2.45, 2.75) is 44.2 Å². The predicted octanol–water partition coefficient (Wildman–Crippen LogP) is 3.52. The fourth-order valence-electron chi connectivity index (χ4n) is 4.82. The van der Waals surface area contributed by atoms with E-state index in [2.05, 4.69) is 15.4 Å². The molecular weight excluding hydrogens is 488 g/mol. The molecule has 1 aliphatic rings. The van der Waals surface area contributed by atoms with Crippen molar-refractivity contribution in [1.82, 2.24) is 14.9 Å². The number of benzene rings is 3. The highest BCUT2D eigenvalue weighted by molar-refractivity contribution is 7.89. The summed E-state index contributed by atoms with van der Waals surface area (Å²) in [6.45, 7) is 6.63. The molecule has 3 N–H and O–H groups in total. The summed E-state index contributed by atoms with van der Waals surface area (Å²) < 4.78 is 30.0. The van der Waals surface area contributed by atoms with Crippen LogP contribution in [0.1, 0.15) is 36.2 Å². The molecule has 0 aliphatic carbocycles. The molecular formula is C28H34N4O4S. The van der Waals surface area contributed by atoms with Gasteiger partial charge in [-0.25, -0.2) is 13.1 Å². The van der Waals surface area contributed by atoms with E-state index in [1.165, 1.54) is 0 Å². The lowest BCUT2D eigenvalue weighted by Crippen LogP contribution is -2.54. The maximum absolute atomic E-state index is 13.5. The quantitative estimate of drug-likeness (QED) is 0.440. The average Bonchev–Trinajstić information content (AvgIpc) is 2.88. The van der Waals surface area contributed by atoms with E-state index in [4.69, 9.17) is 0 Å². The third kappa shape index (κ3) is 5.69. The van der Waals surface area contributed by atoms with Crippen LogP contribution in [0.25, 0.3) is 10.8 Å². The molecule has 4 rings (SSSR count). The van der Waals surface area contributed by atoms with Crippen LogP contribution in [-0.2, 0) is 14.8 Å². The van der Waals surface area contributed by atoms with E-state index in [0.717, 1.165) is 5.56 Å². The molecule has 0 spiro atoms. The summed E-state index contributed by atoms with van der Waals surface area (Å²) in [7, 11) is -2.11. The van der Waals surface area contributed by atoms with Crippen LogP contribution in [0.5, 0.6) is 0 Å². The molecule has 3 aromatic rings. The maximum Gasteiger partial charge on any atom is 0.255 e. The number of fused-ring (bicyclic) bond motifs is 1. The Hall–Kier alpha value is -3.27. The molecule has 0 radical (unpaired) electrons. The number of amides is 2. The van der Waals surface area contributed by atoms with Crippen molar-refractivity contribution < 1.29 is 18.0 Å². The summed E-state index contributed by atoms with van der Waals surface area (Å²) in [6, 6.07) is 17.1. The van der Waals surface area contributed by atoms with Crippen molar-refractivity contribution in [1.29, 1.82) is 0 Å². The number of aryl methyl sites for hydroxylation is 1. The van der Waals surface area contributed by atoms with Crippen LogP contribution in [0, 0.1) is 12.8 Å². The number of hydrogen-bond donors (Lipinski definition) is 3. The van der Waals surface area contributed by atoms with Gasteiger partial charge in [0.15, 0.2) is 0 Å². The Balaban J connectivity index is 1.56. The summed E-state index contributed by atoms with van der Waals surface area (Å²) in [6.07, 6.45) is 0.533. The van der Waals surface area contributed by atoms with Crippen LogP contribution in [0.2, 0.25) is 0 Å². The van der Waals surface area contributed by atoms with E-state index >= 15 is 0 Å². The summed E-state index contributed by atoms with van der Waals surface area (Å²) >= 11 is 0. The van der Waals surface area contributed by atoms with Gasteiger partial charge >= 0.3 is 0 Å². The third-order valence-electron chi connectivity index (χ3n) is 7.14. The molecule has 0 aromatic heterocycles. The van der Waals surface area contributed by atoms with Crippen LogP contribution in [0.4, 0.5) is 5.69 Å². The van der Waals surface area contributed by atoms with E-state index in [-0.39, 0.29) is 34.7 Å². The Morgan fingerprint density at radius 2 is 1.70 bits per heavy atom. The normalized spacial score (nSPS) is 19.0. The fourth-order valence-corrected chi connectivity index (χ4v) is 6.42. The molecule has 1 saturated heterocycles. The zero-order valence-electron chi connectivity index (χ0n) is 21.6. The molecule has 0 saturated carbocycles. The Bertz CT molecular complexity index is 1420. The van der Waals surface area contributed by atoms with Gasteiger partial charge in [-0.15, -0.1) is 0 Å². The number of hydrogen-bond acceptors (Lipinski definition) is 5. The summed E-state index contributed by atoms with van der Waals surface area (Å²) in [5.74, 6) is -0.278. The maximum atomic E-state index is 13.5. The standard InChI is InChI=1S/C28H34N4O4S/c1-18-9-5-6-10-21(18)27(33)30-25-13-7-12-23-22(25)11-8-14-26(23)37(35,36)31-24-15-16-32(17-19(24)2)28(34)20(3)29-4/h5-14,19-20,24,29,31H,15-17H2,1-4H3,(H,30,33)/t19-,20+,24-/m1/s1. The van der Waals surface area contributed by atoms with Crippen LogP contribution < -0.4 is 15.4 Å². The molecule has 8 nitrogen and oxygen atoms in total. The van der Waals surface area contributed by atoms with E-state index in [1.54, 1.807) is 54.4 Å². The highest BCUT2D eigenvalue weighted by Crippen LogP contribution is 2.30. The number of nitrogens with one attached hydrogen (secondary N) is 3. The second kappa shape index (κ2) is 11.0. The predicted molar refractivity (Wildman–Crippen MR) is 146 cm³/mol. The van der Waals surface area contributed by atoms with Gasteiger partial charge < -0.3 is 15.5 Å². The van der Waals surface area contributed by atoms with E-state index in [9.17, 15) is 18.0 Å². The van der Waals surface area contributed by atoms with Crippen LogP contribution >= 0.6 is 0 Å². The van der Waals surface area contributed by atoms with Crippen molar-refractivity contribution in [2.24, 2.45) is 5.92 Å². The second-order valence-corrected chi connectivity index (χ2v) is 11.4. The number of nitrogens with zero attached hydrogens (tertiary/aromatic N) is 1. The van der Waals surface area contributed by atoms with Gasteiger partial charge in [0.25, 0.3) is 5.91 Å². The first-order valence-electron chi connectivity index (χ1n) is 12.5. The molecule has 196 valence electrons. The topological polar surface area (TPSA) is 108 Å². The SMILES string of the molecule is CN[C@@H](C)C(=O)N1CC[C@@H](NS(=O)(=O)c2cccc3c(NC(=O)c4ccccc4C)cccc23)[C@H](C)C1.